The highest BCUT2D eigenvalue weighted by Gasteiger charge is 1.96. The molecule has 2 N–H and O–H groups in total. The first-order valence-corrected chi connectivity index (χ1v) is 7.52. The van der Waals surface area contributed by atoms with Crippen molar-refractivity contribution in [3.8, 4) is 0 Å². The number of unbranched alkanes of at least 4 members (excludes halogenated alkanes) is 1. The molecule has 0 unspecified atom stereocenters. The summed E-state index contributed by atoms with van der Waals surface area (Å²) in [6, 6.07) is 0. The van der Waals surface area contributed by atoms with Crippen molar-refractivity contribution in [3.05, 3.63) is 0 Å². The highest BCUT2D eigenvalue weighted by Crippen LogP contribution is 1.89. The van der Waals surface area contributed by atoms with Crippen molar-refractivity contribution in [1.29, 1.82) is 0 Å². The number of aliphatic imine (C=N–C) groups is 1. The molecule has 0 radical (unpaired) electrons. The van der Waals surface area contributed by atoms with Gasteiger partial charge in [0, 0.05) is 46.1 Å². The Kier molecular flexibility index (Phi) is 21.0. The molecule has 0 aromatic rings. The van der Waals surface area contributed by atoms with E-state index < -0.39 is 0 Å². The molecule has 0 aliphatic rings. The smallest absolute Gasteiger partial charge is 0.191 e. The van der Waals surface area contributed by atoms with Crippen LogP contribution in [0.15, 0.2) is 4.99 Å². The quantitative estimate of drug-likeness (QED) is 0.228. The van der Waals surface area contributed by atoms with Gasteiger partial charge in [-0.3, -0.25) is 4.99 Å². The molecule has 0 aliphatic carbocycles. The van der Waals surface area contributed by atoms with Crippen molar-refractivity contribution in [1.82, 2.24) is 10.6 Å². The van der Waals surface area contributed by atoms with Gasteiger partial charge in [-0.25, -0.2) is 0 Å². The lowest BCUT2D eigenvalue weighted by Gasteiger charge is -2.11. The van der Waals surface area contributed by atoms with Crippen LogP contribution in [0, 0.1) is 0 Å². The molecule has 0 saturated heterocycles. The molecular weight excluding hydrogens is 369 g/mol. The molecule has 0 aromatic heterocycles. The molecule has 0 bridgehead atoms. The summed E-state index contributed by atoms with van der Waals surface area (Å²) in [5, 5.41) is 6.57. The van der Waals surface area contributed by atoms with Crippen LogP contribution in [-0.2, 0) is 9.47 Å². The second kappa shape index (κ2) is 18.9. The van der Waals surface area contributed by atoms with Gasteiger partial charge in [-0.05, 0) is 40.0 Å². The van der Waals surface area contributed by atoms with E-state index in [4.69, 9.17) is 9.47 Å². The molecule has 0 aromatic carbocycles. The number of nitrogens with one attached hydrogen (secondary N) is 2. The molecule has 122 valence electrons. The Hall–Kier alpha value is -0.0800. The summed E-state index contributed by atoms with van der Waals surface area (Å²) in [5.74, 6) is 0.899. The normalized spacial score (nSPS) is 11.1. The fraction of sp³-hybridized carbons (Fsp3) is 0.929. The van der Waals surface area contributed by atoms with Crippen LogP contribution >= 0.6 is 24.0 Å². The second-order valence-electron chi connectivity index (χ2n) is 4.14. The van der Waals surface area contributed by atoms with Crippen molar-refractivity contribution in [3.63, 3.8) is 0 Å². The van der Waals surface area contributed by atoms with E-state index in [9.17, 15) is 0 Å². The first-order chi connectivity index (χ1) is 9.35. The highest BCUT2D eigenvalue weighted by molar-refractivity contribution is 14.0. The van der Waals surface area contributed by atoms with Crippen LogP contribution in [0.4, 0.5) is 0 Å². The van der Waals surface area contributed by atoms with E-state index in [1.807, 2.05) is 13.8 Å². The Morgan fingerprint density at radius 2 is 1.55 bits per heavy atom. The van der Waals surface area contributed by atoms with Crippen LogP contribution in [-0.4, -0.2) is 52.0 Å². The highest BCUT2D eigenvalue weighted by atomic mass is 127. The minimum atomic E-state index is 0. The first kappa shape index (κ1) is 22.2. The molecule has 0 heterocycles. The Morgan fingerprint density at radius 3 is 2.15 bits per heavy atom. The average Bonchev–Trinajstić information content (AvgIpc) is 2.42. The van der Waals surface area contributed by atoms with Crippen LogP contribution in [0.1, 0.15) is 40.0 Å². The van der Waals surface area contributed by atoms with E-state index >= 15 is 0 Å². The van der Waals surface area contributed by atoms with Crippen LogP contribution in [0.3, 0.4) is 0 Å². The fourth-order valence-electron chi connectivity index (χ4n) is 1.52. The summed E-state index contributed by atoms with van der Waals surface area (Å²) in [7, 11) is 0. The summed E-state index contributed by atoms with van der Waals surface area (Å²) in [6.45, 7) is 11.9. The van der Waals surface area contributed by atoms with Crippen molar-refractivity contribution in [2.75, 3.05) is 46.1 Å². The van der Waals surface area contributed by atoms with E-state index in [-0.39, 0.29) is 24.0 Å². The summed E-state index contributed by atoms with van der Waals surface area (Å²) >= 11 is 0. The molecule has 0 saturated carbocycles. The molecule has 5 nitrogen and oxygen atoms in total. The van der Waals surface area contributed by atoms with Crippen LogP contribution in [0.5, 0.6) is 0 Å². The predicted molar refractivity (Wildman–Crippen MR) is 96.2 cm³/mol. The van der Waals surface area contributed by atoms with Crippen LogP contribution < -0.4 is 10.6 Å². The van der Waals surface area contributed by atoms with Gasteiger partial charge < -0.3 is 20.1 Å². The average molecular weight is 401 g/mol. The Morgan fingerprint density at radius 1 is 0.900 bits per heavy atom. The summed E-state index contributed by atoms with van der Waals surface area (Å²) < 4.78 is 10.6. The lowest BCUT2D eigenvalue weighted by atomic mass is 10.3. The largest absolute Gasteiger partial charge is 0.382 e. The zero-order valence-electron chi connectivity index (χ0n) is 13.2. The van der Waals surface area contributed by atoms with Gasteiger partial charge in [-0.15, -0.1) is 24.0 Å². The fourth-order valence-corrected chi connectivity index (χ4v) is 1.52. The molecule has 0 atom stereocenters. The van der Waals surface area contributed by atoms with Gasteiger partial charge in [0.1, 0.15) is 0 Å². The van der Waals surface area contributed by atoms with E-state index in [0.29, 0.717) is 0 Å². The maximum atomic E-state index is 5.30. The van der Waals surface area contributed by atoms with Gasteiger partial charge in [0.05, 0.1) is 0 Å². The molecule has 20 heavy (non-hydrogen) atoms. The van der Waals surface area contributed by atoms with Crippen molar-refractivity contribution in [2.45, 2.75) is 40.0 Å². The summed E-state index contributed by atoms with van der Waals surface area (Å²) in [4.78, 5) is 4.50. The molecule has 0 spiro atoms. The van der Waals surface area contributed by atoms with E-state index in [1.54, 1.807) is 0 Å². The Balaban J connectivity index is 0. The first-order valence-electron chi connectivity index (χ1n) is 7.52. The lowest BCUT2D eigenvalue weighted by molar-refractivity contribution is 0.143. The molecule has 6 heteroatoms. The summed E-state index contributed by atoms with van der Waals surface area (Å²) in [6.07, 6.45) is 3.16. The third-order valence-electron chi connectivity index (χ3n) is 2.48. The lowest BCUT2D eigenvalue weighted by Crippen LogP contribution is -2.38. The number of rotatable bonds is 12. The molecular formula is C14H32IN3O2. The summed E-state index contributed by atoms with van der Waals surface area (Å²) in [5.41, 5.74) is 0. The zero-order valence-corrected chi connectivity index (χ0v) is 15.6. The second-order valence-corrected chi connectivity index (χ2v) is 4.14. The van der Waals surface area contributed by atoms with E-state index in [1.165, 1.54) is 0 Å². The standard InChI is InChI=1S/C14H31N3O2.HI/c1-4-15-14(17-11-9-13-19-6-3)16-10-7-8-12-18-5-2;/h4-13H2,1-3H3,(H2,15,16,17);1H. The molecule has 0 fully saturated rings. The van der Waals surface area contributed by atoms with Crippen LogP contribution in [0.2, 0.25) is 0 Å². The number of hydrogen-bond acceptors (Lipinski definition) is 3. The van der Waals surface area contributed by atoms with Crippen molar-refractivity contribution in [2.24, 2.45) is 4.99 Å². The minimum absolute atomic E-state index is 0. The van der Waals surface area contributed by atoms with Gasteiger partial charge in [-0.1, -0.05) is 0 Å². The van der Waals surface area contributed by atoms with Crippen molar-refractivity contribution < 1.29 is 9.47 Å². The van der Waals surface area contributed by atoms with Gasteiger partial charge in [0.2, 0.25) is 0 Å². The predicted octanol–water partition coefficient (Wildman–Crippen LogP) is 2.40. The third-order valence-corrected chi connectivity index (χ3v) is 2.48. The topological polar surface area (TPSA) is 54.9 Å². The number of ether oxygens (including phenoxy) is 2. The molecule has 0 amide bonds. The number of hydrogen-bond donors (Lipinski definition) is 2. The minimum Gasteiger partial charge on any atom is -0.382 e. The van der Waals surface area contributed by atoms with Gasteiger partial charge in [0.25, 0.3) is 0 Å². The van der Waals surface area contributed by atoms with Gasteiger partial charge in [0.15, 0.2) is 5.96 Å². The third kappa shape index (κ3) is 16.0. The molecule has 0 rings (SSSR count). The zero-order chi connectivity index (χ0) is 14.2. The van der Waals surface area contributed by atoms with Gasteiger partial charge in [-0.2, -0.15) is 0 Å². The molecule has 0 aliphatic heterocycles. The van der Waals surface area contributed by atoms with E-state index in [2.05, 4.69) is 22.5 Å². The number of guanidine groups is 1. The number of halogens is 1. The maximum absolute atomic E-state index is 5.30. The number of nitrogens with zero attached hydrogens (tertiary/aromatic N) is 1. The van der Waals surface area contributed by atoms with Gasteiger partial charge >= 0.3 is 0 Å². The van der Waals surface area contributed by atoms with E-state index in [0.717, 1.165) is 71.3 Å². The van der Waals surface area contributed by atoms with Crippen LogP contribution in [0.25, 0.3) is 0 Å². The monoisotopic (exact) mass is 401 g/mol. The Bertz CT molecular complexity index is 217. The SMILES string of the molecule is CCNC(=NCCCOCC)NCCCCOCC.I. The maximum Gasteiger partial charge on any atom is 0.191 e. The van der Waals surface area contributed by atoms with Crippen molar-refractivity contribution >= 4 is 29.9 Å². The Labute approximate surface area is 141 Å².